The molecule has 0 heterocycles. The number of allylic oxidation sites excluding steroid dienone is 1. The van der Waals surface area contributed by atoms with Gasteiger partial charge >= 0.3 is 0 Å². The molecular weight excluding hydrogens is 155 g/mol. The Morgan fingerprint density at radius 2 is 2.17 bits per heavy atom. The van der Waals surface area contributed by atoms with Crippen molar-refractivity contribution in [2.45, 2.75) is 6.92 Å². The van der Waals surface area contributed by atoms with Crippen LogP contribution in [0.3, 0.4) is 0 Å². The molecule has 0 radical (unpaired) electrons. The minimum Gasteiger partial charge on any atom is -0.299 e. The molecule has 1 aromatic carbocycles. The number of hydrogen-bond donors (Lipinski definition) is 0. The Morgan fingerprint density at radius 1 is 1.42 bits per heavy atom. The molecule has 1 rings (SSSR count). The number of hydrogen-bond acceptors (Lipinski definition) is 1. The van der Waals surface area contributed by atoms with Crippen LogP contribution in [-0.2, 0) is 4.79 Å². The lowest BCUT2D eigenvalue weighted by atomic mass is 10.1. The fourth-order valence-corrected chi connectivity index (χ4v) is 0.863. The second-order valence-corrected chi connectivity index (χ2v) is 2.50. The van der Waals surface area contributed by atoms with Crippen molar-refractivity contribution in [3.8, 4) is 0 Å². The third-order valence-corrected chi connectivity index (χ3v) is 1.56. The number of halogens is 1. The molecule has 0 saturated carbocycles. The fourth-order valence-electron chi connectivity index (χ4n) is 0.863. The van der Waals surface area contributed by atoms with E-state index >= 15 is 0 Å². The summed E-state index contributed by atoms with van der Waals surface area (Å²) in [5.41, 5.74) is 1.31. The fraction of sp³-hybridized carbons (Fsp3) is 0.100. The van der Waals surface area contributed by atoms with Gasteiger partial charge in [-0.1, -0.05) is 18.2 Å². The standard InChI is InChI=1S/C10H9FO/c1-8-4-5-9(3-2-6-12)7-10(8)11/h2-7H,1H3/b3-2+. The van der Waals surface area contributed by atoms with Crippen molar-refractivity contribution in [3.63, 3.8) is 0 Å². The van der Waals surface area contributed by atoms with E-state index in [4.69, 9.17) is 0 Å². The van der Waals surface area contributed by atoms with Crippen molar-refractivity contribution >= 4 is 12.4 Å². The van der Waals surface area contributed by atoms with Crippen LogP contribution in [0.1, 0.15) is 11.1 Å². The van der Waals surface area contributed by atoms with Gasteiger partial charge in [-0.2, -0.15) is 0 Å². The molecule has 0 aliphatic rings. The van der Waals surface area contributed by atoms with Crippen LogP contribution in [0.2, 0.25) is 0 Å². The van der Waals surface area contributed by atoms with Crippen LogP contribution in [0.5, 0.6) is 0 Å². The molecule has 1 nitrogen and oxygen atoms in total. The molecule has 2 heteroatoms. The number of carbonyl (C=O) groups excluding carboxylic acids is 1. The molecule has 0 aliphatic carbocycles. The molecule has 1 aromatic rings. The van der Waals surface area contributed by atoms with Crippen LogP contribution in [0, 0.1) is 12.7 Å². The van der Waals surface area contributed by atoms with Gasteiger partial charge in [0.1, 0.15) is 12.1 Å². The van der Waals surface area contributed by atoms with Crippen molar-refractivity contribution in [1.29, 1.82) is 0 Å². The zero-order valence-corrected chi connectivity index (χ0v) is 6.75. The summed E-state index contributed by atoms with van der Waals surface area (Å²) in [7, 11) is 0. The van der Waals surface area contributed by atoms with E-state index in [2.05, 4.69) is 0 Å². The van der Waals surface area contributed by atoms with Gasteiger partial charge in [0.15, 0.2) is 0 Å². The number of benzene rings is 1. The van der Waals surface area contributed by atoms with Gasteiger partial charge in [-0.3, -0.25) is 4.79 Å². The van der Waals surface area contributed by atoms with Crippen LogP contribution < -0.4 is 0 Å². The minimum atomic E-state index is -0.247. The van der Waals surface area contributed by atoms with E-state index in [9.17, 15) is 9.18 Å². The Kier molecular flexibility index (Phi) is 2.75. The monoisotopic (exact) mass is 164 g/mol. The minimum absolute atomic E-state index is 0.247. The summed E-state index contributed by atoms with van der Waals surface area (Å²) in [6, 6.07) is 4.84. The summed E-state index contributed by atoms with van der Waals surface area (Å²) < 4.78 is 12.9. The molecule has 0 saturated heterocycles. The largest absolute Gasteiger partial charge is 0.299 e. The maximum atomic E-state index is 12.9. The Morgan fingerprint density at radius 3 is 2.75 bits per heavy atom. The van der Waals surface area contributed by atoms with E-state index in [1.54, 1.807) is 25.1 Å². The van der Waals surface area contributed by atoms with Crippen LogP contribution >= 0.6 is 0 Å². The SMILES string of the molecule is Cc1ccc(/C=C/C=O)cc1F. The lowest BCUT2D eigenvalue weighted by Gasteiger charge is -1.96. The second-order valence-electron chi connectivity index (χ2n) is 2.50. The van der Waals surface area contributed by atoms with E-state index < -0.39 is 0 Å². The molecule has 0 fully saturated rings. The summed E-state index contributed by atoms with van der Waals surface area (Å²) in [4.78, 5) is 9.95. The predicted octanol–water partition coefficient (Wildman–Crippen LogP) is 2.35. The smallest absolute Gasteiger partial charge is 0.142 e. The molecule has 0 unspecified atom stereocenters. The van der Waals surface area contributed by atoms with E-state index in [-0.39, 0.29) is 5.82 Å². The van der Waals surface area contributed by atoms with Crippen LogP contribution in [-0.4, -0.2) is 6.29 Å². The van der Waals surface area contributed by atoms with E-state index in [1.165, 1.54) is 12.1 Å². The van der Waals surface area contributed by atoms with Gasteiger partial charge in [0.25, 0.3) is 0 Å². The summed E-state index contributed by atoms with van der Waals surface area (Å²) in [5, 5.41) is 0. The first-order chi connectivity index (χ1) is 5.74. The normalized spacial score (nSPS) is 10.5. The first-order valence-corrected chi connectivity index (χ1v) is 3.62. The van der Waals surface area contributed by atoms with E-state index in [1.807, 2.05) is 0 Å². The summed E-state index contributed by atoms with van der Waals surface area (Å²) >= 11 is 0. The number of aryl methyl sites for hydroxylation is 1. The van der Waals surface area contributed by atoms with Crippen molar-refractivity contribution < 1.29 is 9.18 Å². The third kappa shape index (κ3) is 2.02. The van der Waals surface area contributed by atoms with Crippen molar-refractivity contribution in [2.24, 2.45) is 0 Å². The molecular formula is C10H9FO. The Hall–Kier alpha value is -1.44. The van der Waals surface area contributed by atoms with Gasteiger partial charge in [0, 0.05) is 0 Å². The highest BCUT2D eigenvalue weighted by molar-refractivity contribution is 5.73. The summed E-state index contributed by atoms with van der Waals surface area (Å²) in [6.45, 7) is 1.70. The molecule has 12 heavy (non-hydrogen) atoms. The highest BCUT2D eigenvalue weighted by Gasteiger charge is 1.95. The molecule has 0 amide bonds. The van der Waals surface area contributed by atoms with Crippen LogP contribution in [0.4, 0.5) is 4.39 Å². The summed E-state index contributed by atoms with van der Waals surface area (Å²) in [6.07, 6.45) is 3.57. The van der Waals surface area contributed by atoms with Gasteiger partial charge in [0.05, 0.1) is 0 Å². The maximum absolute atomic E-state index is 12.9. The van der Waals surface area contributed by atoms with Crippen LogP contribution in [0.25, 0.3) is 6.08 Å². The Balaban J connectivity index is 2.96. The molecule has 0 bridgehead atoms. The van der Waals surface area contributed by atoms with E-state index in [0.29, 0.717) is 17.4 Å². The van der Waals surface area contributed by atoms with E-state index in [0.717, 1.165) is 0 Å². The topological polar surface area (TPSA) is 17.1 Å². The molecule has 0 aliphatic heterocycles. The van der Waals surface area contributed by atoms with Gasteiger partial charge in [0.2, 0.25) is 0 Å². The van der Waals surface area contributed by atoms with Crippen molar-refractivity contribution in [1.82, 2.24) is 0 Å². The highest BCUT2D eigenvalue weighted by atomic mass is 19.1. The zero-order chi connectivity index (χ0) is 8.97. The van der Waals surface area contributed by atoms with Crippen molar-refractivity contribution in [3.05, 3.63) is 41.2 Å². The number of carbonyl (C=O) groups is 1. The van der Waals surface area contributed by atoms with Crippen LogP contribution in [0.15, 0.2) is 24.3 Å². The Bertz CT molecular complexity index is 316. The van der Waals surface area contributed by atoms with Gasteiger partial charge < -0.3 is 0 Å². The maximum Gasteiger partial charge on any atom is 0.142 e. The first kappa shape index (κ1) is 8.65. The number of rotatable bonds is 2. The lowest BCUT2D eigenvalue weighted by Crippen LogP contribution is -1.82. The van der Waals surface area contributed by atoms with Gasteiger partial charge in [-0.25, -0.2) is 4.39 Å². The molecule has 0 atom stereocenters. The second kappa shape index (κ2) is 3.81. The summed E-state index contributed by atoms with van der Waals surface area (Å²) in [5.74, 6) is -0.247. The number of aldehydes is 1. The quantitative estimate of drug-likeness (QED) is 0.484. The van der Waals surface area contributed by atoms with Gasteiger partial charge in [-0.15, -0.1) is 0 Å². The zero-order valence-electron chi connectivity index (χ0n) is 6.75. The predicted molar refractivity (Wildman–Crippen MR) is 46.2 cm³/mol. The molecule has 62 valence electrons. The van der Waals surface area contributed by atoms with Gasteiger partial charge in [-0.05, 0) is 30.2 Å². The molecule has 0 aromatic heterocycles. The Labute approximate surface area is 70.5 Å². The third-order valence-electron chi connectivity index (χ3n) is 1.56. The first-order valence-electron chi connectivity index (χ1n) is 3.62. The van der Waals surface area contributed by atoms with Crippen molar-refractivity contribution in [2.75, 3.05) is 0 Å². The highest BCUT2D eigenvalue weighted by Crippen LogP contribution is 2.09. The lowest BCUT2D eigenvalue weighted by molar-refractivity contribution is -0.104. The molecule has 0 spiro atoms. The average Bonchev–Trinajstić information content (AvgIpc) is 2.07. The molecule has 0 N–H and O–H groups in total. The average molecular weight is 164 g/mol.